The zero-order chi connectivity index (χ0) is 12.5. The summed E-state index contributed by atoms with van der Waals surface area (Å²) in [5.41, 5.74) is 0.623. The molecule has 0 radical (unpaired) electrons. The molecule has 0 aliphatic rings. The molecule has 0 bridgehead atoms. The fraction of sp³-hybridized carbons (Fsp3) is 0.462. The molecule has 94 valence electrons. The van der Waals surface area contributed by atoms with Crippen LogP contribution >= 0.6 is 0 Å². The van der Waals surface area contributed by atoms with Crippen LogP contribution in [0, 0.1) is 0 Å². The summed E-state index contributed by atoms with van der Waals surface area (Å²) < 4.78 is 24.8. The van der Waals surface area contributed by atoms with E-state index in [1.807, 2.05) is 0 Å². The Morgan fingerprint density at radius 1 is 1.35 bits per heavy atom. The average Bonchev–Trinajstić information content (AvgIpc) is 2.34. The molecule has 0 aromatic heterocycles. The number of hydrogen-bond acceptors (Lipinski definition) is 2. The fourth-order valence-corrected chi connectivity index (χ4v) is 1.34. The first-order chi connectivity index (χ1) is 8.24. The zero-order valence-electron chi connectivity index (χ0n) is 9.90. The number of benzene rings is 1. The monoisotopic (exact) mass is 241 g/mol. The van der Waals surface area contributed by atoms with E-state index in [4.69, 9.17) is 4.84 Å². The first-order valence-electron chi connectivity index (χ1n) is 5.77. The van der Waals surface area contributed by atoms with E-state index in [1.54, 1.807) is 12.1 Å². The maximum atomic E-state index is 12.4. The van der Waals surface area contributed by atoms with E-state index < -0.39 is 6.43 Å². The summed E-state index contributed by atoms with van der Waals surface area (Å²) in [6.45, 7) is 2.68. The fourth-order valence-electron chi connectivity index (χ4n) is 1.34. The lowest BCUT2D eigenvalue weighted by molar-refractivity contribution is 0.141. The molecule has 17 heavy (non-hydrogen) atoms. The lowest BCUT2D eigenvalue weighted by Gasteiger charge is -2.00. The average molecular weight is 241 g/mol. The third kappa shape index (κ3) is 5.43. The molecule has 0 unspecified atom stereocenters. The number of halogens is 2. The van der Waals surface area contributed by atoms with Crippen LogP contribution in [0.4, 0.5) is 8.78 Å². The maximum Gasteiger partial charge on any atom is 0.263 e. The second kappa shape index (κ2) is 7.76. The van der Waals surface area contributed by atoms with Gasteiger partial charge in [0.1, 0.15) is 6.61 Å². The number of unbranched alkanes of at least 4 members (excludes halogenated alkanes) is 2. The molecule has 1 rings (SSSR count). The van der Waals surface area contributed by atoms with Crippen LogP contribution in [0.3, 0.4) is 0 Å². The van der Waals surface area contributed by atoms with Crippen molar-refractivity contribution in [2.75, 3.05) is 6.61 Å². The highest BCUT2D eigenvalue weighted by molar-refractivity contribution is 5.79. The summed E-state index contributed by atoms with van der Waals surface area (Å²) in [4.78, 5) is 5.02. The smallest absolute Gasteiger partial charge is 0.263 e. The highest BCUT2D eigenvalue weighted by Crippen LogP contribution is 2.18. The molecule has 0 aliphatic carbocycles. The van der Waals surface area contributed by atoms with Gasteiger partial charge in [0.15, 0.2) is 0 Å². The summed E-state index contributed by atoms with van der Waals surface area (Å²) in [6.07, 6.45) is 2.21. The van der Waals surface area contributed by atoms with Crippen molar-refractivity contribution in [3.63, 3.8) is 0 Å². The molecule has 1 aromatic carbocycles. The van der Waals surface area contributed by atoms with E-state index in [0.29, 0.717) is 12.2 Å². The quantitative estimate of drug-likeness (QED) is 0.399. The molecule has 0 saturated heterocycles. The van der Waals surface area contributed by atoms with E-state index in [1.165, 1.54) is 18.3 Å². The van der Waals surface area contributed by atoms with Gasteiger partial charge in [-0.2, -0.15) is 0 Å². The van der Waals surface area contributed by atoms with Gasteiger partial charge in [0, 0.05) is 5.56 Å². The third-order valence-corrected chi connectivity index (χ3v) is 2.28. The van der Waals surface area contributed by atoms with Crippen molar-refractivity contribution in [3.05, 3.63) is 35.4 Å². The van der Waals surface area contributed by atoms with Crippen molar-refractivity contribution in [1.82, 2.24) is 0 Å². The molecule has 0 N–H and O–H groups in total. The summed E-state index contributed by atoms with van der Waals surface area (Å²) in [7, 11) is 0. The topological polar surface area (TPSA) is 21.6 Å². The van der Waals surface area contributed by atoms with Crippen molar-refractivity contribution in [3.8, 4) is 0 Å². The molecule has 4 heteroatoms. The maximum absolute atomic E-state index is 12.4. The number of oxime groups is 1. The van der Waals surface area contributed by atoms with Crippen LogP contribution in [0.25, 0.3) is 0 Å². The molecule has 0 amide bonds. The molecule has 1 aromatic rings. The lowest BCUT2D eigenvalue weighted by Crippen LogP contribution is -1.90. The van der Waals surface area contributed by atoms with Crippen LogP contribution in [0.5, 0.6) is 0 Å². The van der Waals surface area contributed by atoms with Crippen molar-refractivity contribution in [1.29, 1.82) is 0 Å². The second-order valence-corrected chi connectivity index (χ2v) is 3.75. The van der Waals surface area contributed by atoms with Gasteiger partial charge in [-0.3, -0.25) is 0 Å². The molecular weight excluding hydrogens is 224 g/mol. The molecule has 0 fully saturated rings. The largest absolute Gasteiger partial charge is 0.396 e. The van der Waals surface area contributed by atoms with Gasteiger partial charge < -0.3 is 4.84 Å². The molecule has 0 atom stereocenters. The van der Waals surface area contributed by atoms with Gasteiger partial charge in [-0.05, 0) is 18.1 Å². The molecule has 0 spiro atoms. The number of nitrogens with zero attached hydrogens (tertiary/aromatic N) is 1. The Bertz CT molecular complexity index is 353. The number of rotatable bonds is 7. The predicted octanol–water partition coefficient (Wildman–Crippen LogP) is 4.16. The molecule has 0 aliphatic heterocycles. The first-order valence-corrected chi connectivity index (χ1v) is 5.77. The van der Waals surface area contributed by atoms with E-state index in [0.717, 1.165) is 19.3 Å². The van der Waals surface area contributed by atoms with Crippen LogP contribution in [0.15, 0.2) is 29.4 Å². The van der Waals surface area contributed by atoms with Crippen molar-refractivity contribution in [2.24, 2.45) is 5.16 Å². The lowest BCUT2D eigenvalue weighted by atomic mass is 10.1. The standard InChI is InChI=1S/C13H17F2NO/c1-2-3-4-8-17-16-10-11-6-5-7-12(9-11)13(14)15/h5-7,9-10,13H,2-4,8H2,1H3. The Balaban J connectivity index is 2.40. The minimum Gasteiger partial charge on any atom is -0.396 e. The van der Waals surface area contributed by atoms with E-state index in [2.05, 4.69) is 12.1 Å². The summed E-state index contributed by atoms with van der Waals surface area (Å²) in [5.74, 6) is 0. The first kappa shape index (κ1) is 13.6. The van der Waals surface area contributed by atoms with E-state index in [9.17, 15) is 8.78 Å². The van der Waals surface area contributed by atoms with Crippen molar-refractivity contribution in [2.45, 2.75) is 32.6 Å². The Kier molecular flexibility index (Phi) is 6.22. The van der Waals surface area contributed by atoms with E-state index in [-0.39, 0.29) is 5.56 Å². The zero-order valence-corrected chi connectivity index (χ0v) is 9.90. The second-order valence-electron chi connectivity index (χ2n) is 3.75. The predicted molar refractivity (Wildman–Crippen MR) is 64.5 cm³/mol. The number of hydrogen-bond donors (Lipinski definition) is 0. The van der Waals surface area contributed by atoms with Crippen molar-refractivity contribution >= 4 is 6.21 Å². The Labute approximate surface area is 100 Å². The van der Waals surface area contributed by atoms with E-state index >= 15 is 0 Å². The third-order valence-electron chi connectivity index (χ3n) is 2.28. The van der Waals surface area contributed by atoms with Crippen LogP contribution < -0.4 is 0 Å². The Hall–Kier alpha value is -1.45. The molecule has 2 nitrogen and oxygen atoms in total. The van der Waals surface area contributed by atoms with Gasteiger partial charge in [-0.15, -0.1) is 0 Å². The van der Waals surface area contributed by atoms with Crippen LogP contribution in [0.2, 0.25) is 0 Å². The highest BCUT2D eigenvalue weighted by Gasteiger charge is 2.05. The molecule has 0 saturated carbocycles. The Morgan fingerprint density at radius 3 is 2.88 bits per heavy atom. The Morgan fingerprint density at radius 2 is 2.18 bits per heavy atom. The minimum atomic E-state index is -2.45. The van der Waals surface area contributed by atoms with Gasteiger partial charge in [0.25, 0.3) is 6.43 Å². The summed E-state index contributed by atoms with van der Waals surface area (Å²) in [5, 5.41) is 3.74. The highest BCUT2D eigenvalue weighted by atomic mass is 19.3. The molecule has 0 heterocycles. The number of alkyl halides is 2. The molecular formula is C13H17F2NO. The summed E-state index contributed by atoms with van der Waals surface area (Å²) >= 11 is 0. The van der Waals surface area contributed by atoms with Gasteiger partial charge in [0.2, 0.25) is 0 Å². The van der Waals surface area contributed by atoms with Crippen molar-refractivity contribution < 1.29 is 13.6 Å². The van der Waals surface area contributed by atoms with Gasteiger partial charge in [0.05, 0.1) is 6.21 Å². The normalized spacial score (nSPS) is 11.3. The SMILES string of the molecule is CCCCCON=Cc1cccc(C(F)F)c1. The van der Waals surface area contributed by atoms with Gasteiger partial charge in [-0.25, -0.2) is 8.78 Å². The minimum absolute atomic E-state index is 0.0000621. The van der Waals surface area contributed by atoms with Crippen LogP contribution in [-0.2, 0) is 4.84 Å². The summed E-state index contributed by atoms with van der Waals surface area (Å²) in [6, 6.07) is 6.10. The van der Waals surface area contributed by atoms with Crippen LogP contribution in [0.1, 0.15) is 43.7 Å². The van der Waals surface area contributed by atoms with Gasteiger partial charge >= 0.3 is 0 Å². The van der Waals surface area contributed by atoms with Gasteiger partial charge in [-0.1, -0.05) is 43.1 Å². The van der Waals surface area contributed by atoms with Crippen LogP contribution in [-0.4, -0.2) is 12.8 Å².